The summed E-state index contributed by atoms with van der Waals surface area (Å²) in [5.41, 5.74) is 0. The van der Waals surface area contributed by atoms with Gasteiger partial charge in [0.05, 0.1) is 0 Å². The van der Waals surface area contributed by atoms with Crippen LogP contribution in [0.3, 0.4) is 0 Å². The molecule has 0 bridgehead atoms. The molecule has 1 atom stereocenters. The zero-order chi connectivity index (χ0) is 11.4. The van der Waals surface area contributed by atoms with Gasteiger partial charge in [-0.1, -0.05) is 0 Å². The number of hydrogen-bond acceptors (Lipinski definition) is 2. The highest BCUT2D eigenvalue weighted by atomic mass is 15.0. The second kappa shape index (κ2) is 2.28. The summed E-state index contributed by atoms with van der Waals surface area (Å²) in [5, 5.41) is 3.85. The monoisotopic (exact) mass is 107 g/mol. The summed E-state index contributed by atoms with van der Waals surface area (Å²) in [5.74, 6) is 0. The molecular formula is C5H12N2. The van der Waals surface area contributed by atoms with Gasteiger partial charge in [0.15, 0.2) is 0 Å². The molecular weight excluding hydrogens is 88.1 g/mol. The van der Waals surface area contributed by atoms with Crippen LogP contribution in [-0.4, -0.2) is 25.5 Å². The normalized spacial score (nSPS) is 79.9. The largest absolute Gasteiger partial charge is 0.314 e. The first-order valence-corrected chi connectivity index (χ1v) is 2.00. The van der Waals surface area contributed by atoms with Crippen molar-refractivity contribution in [2.45, 2.75) is 12.9 Å². The van der Waals surface area contributed by atoms with Gasteiger partial charge in [-0.05, 0) is 6.92 Å². The van der Waals surface area contributed by atoms with Gasteiger partial charge in [0.2, 0.25) is 0 Å². The summed E-state index contributed by atoms with van der Waals surface area (Å²) in [6.45, 7) is -6.25. The highest BCUT2D eigenvalue weighted by Crippen LogP contribution is 1.80. The molecule has 1 aliphatic rings. The van der Waals surface area contributed by atoms with Crippen LogP contribution < -0.4 is 10.6 Å². The maximum atomic E-state index is 7.51. The van der Waals surface area contributed by atoms with Gasteiger partial charge in [-0.25, -0.2) is 0 Å². The molecule has 0 aliphatic carbocycles. The minimum Gasteiger partial charge on any atom is -0.314 e. The average Bonchev–Trinajstić information content (AvgIpc) is 1.78. The van der Waals surface area contributed by atoms with Crippen LogP contribution in [0.1, 0.15) is 16.5 Å². The van der Waals surface area contributed by atoms with Crippen molar-refractivity contribution in [1.29, 1.82) is 0 Å². The highest BCUT2D eigenvalue weighted by Gasteiger charge is 2.03. The molecule has 42 valence electrons. The summed E-state index contributed by atoms with van der Waals surface area (Å²) in [6, 6.07) is -1.93. The van der Waals surface area contributed by atoms with Gasteiger partial charge < -0.3 is 10.6 Å². The van der Waals surface area contributed by atoms with Gasteiger partial charge in [-0.3, -0.25) is 0 Å². The standard InChI is InChI=1S/C5H12N2/c1-5-4-6-2-3-7-5/h5-7H,2-4H2,1H3/i2D2,3D2,4D2,5D. The van der Waals surface area contributed by atoms with Gasteiger partial charge in [-0.15, -0.1) is 0 Å². The zero-order valence-corrected chi connectivity index (χ0v) is 4.00. The Morgan fingerprint density at radius 2 is 2.71 bits per heavy atom. The topological polar surface area (TPSA) is 24.1 Å². The Morgan fingerprint density at radius 3 is 3.43 bits per heavy atom. The predicted molar refractivity (Wildman–Crippen MR) is 30.3 cm³/mol. The Morgan fingerprint density at radius 1 is 1.86 bits per heavy atom. The van der Waals surface area contributed by atoms with E-state index in [0.717, 1.165) is 6.92 Å². The molecule has 0 aromatic carbocycles. The first-order valence-electron chi connectivity index (χ1n) is 5.50. The van der Waals surface area contributed by atoms with Crippen LogP contribution in [0.25, 0.3) is 0 Å². The fourth-order valence-electron chi connectivity index (χ4n) is 0.312. The van der Waals surface area contributed by atoms with Gasteiger partial charge in [0, 0.05) is 35.1 Å². The second-order valence-electron chi connectivity index (χ2n) is 1.25. The summed E-state index contributed by atoms with van der Waals surface area (Å²) in [6.07, 6.45) is 0. The average molecular weight is 107 g/mol. The van der Waals surface area contributed by atoms with Crippen molar-refractivity contribution in [3.8, 4) is 0 Å². The van der Waals surface area contributed by atoms with Gasteiger partial charge in [-0.2, -0.15) is 0 Å². The van der Waals surface area contributed by atoms with E-state index in [4.69, 9.17) is 9.60 Å². The molecule has 0 amide bonds. The molecule has 0 spiro atoms. The van der Waals surface area contributed by atoms with Crippen molar-refractivity contribution in [1.82, 2.24) is 10.6 Å². The third-order valence-electron chi connectivity index (χ3n) is 0.625. The molecule has 2 heteroatoms. The molecule has 0 aromatic rings. The molecule has 0 aromatic heterocycles. The van der Waals surface area contributed by atoms with E-state index in [1.807, 2.05) is 10.6 Å². The Kier molecular flexibility index (Phi) is 0.408. The van der Waals surface area contributed by atoms with Gasteiger partial charge in [0.25, 0.3) is 0 Å². The van der Waals surface area contributed by atoms with Crippen LogP contribution in [-0.2, 0) is 0 Å². The Balaban J connectivity index is 3.07. The van der Waals surface area contributed by atoms with Crippen molar-refractivity contribution in [2.24, 2.45) is 0 Å². The molecule has 1 unspecified atom stereocenters. The van der Waals surface area contributed by atoms with Crippen molar-refractivity contribution in [3.63, 3.8) is 0 Å². The lowest BCUT2D eigenvalue weighted by Crippen LogP contribution is -2.46. The number of rotatable bonds is 0. The molecule has 1 heterocycles. The molecule has 0 radical (unpaired) electrons. The first-order chi connectivity index (χ1) is 5.91. The number of nitrogens with one attached hydrogen (secondary N) is 2. The maximum Gasteiger partial charge on any atom is 0.0475 e. The van der Waals surface area contributed by atoms with Gasteiger partial charge in [0.1, 0.15) is 0 Å². The quantitative estimate of drug-likeness (QED) is 0.439. The maximum absolute atomic E-state index is 7.51. The first kappa shape index (κ1) is 1.25. The number of piperazine rings is 1. The van der Waals surface area contributed by atoms with E-state index in [9.17, 15) is 0 Å². The van der Waals surface area contributed by atoms with Crippen LogP contribution in [0.15, 0.2) is 0 Å². The summed E-state index contributed by atoms with van der Waals surface area (Å²) < 4.78 is 51.3. The van der Waals surface area contributed by atoms with Crippen molar-refractivity contribution >= 4 is 0 Å². The summed E-state index contributed by atoms with van der Waals surface area (Å²) in [7, 11) is 0. The van der Waals surface area contributed by atoms with Crippen molar-refractivity contribution in [2.75, 3.05) is 19.5 Å². The molecule has 1 fully saturated rings. The van der Waals surface area contributed by atoms with Crippen LogP contribution in [0, 0.1) is 0 Å². The van der Waals surface area contributed by atoms with Crippen LogP contribution in [0.5, 0.6) is 0 Å². The van der Waals surface area contributed by atoms with E-state index in [-0.39, 0.29) is 0 Å². The lowest BCUT2D eigenvalue weighted by atomic mass is 10.3. The highest BCUT2D eigenvalue weighted by molar-refractivity contribution is 4.69. The Hall–Kier alpha value is -0.0800. The van der Waals surface area contributed by atoms with Crippen LogP contribution >= 0.6 is 0 Å². The van der Waals surface area contributed by atoms with E-state index in [1.54, 1.807) is 0 Å². The third-order valence-corrected chi connectivity index (χ3v) is 0.625. The van der Waals surface area contributed by atoms with Crippen LogP contribution in [0.4, 0.5) is 0 Å². The fourth-order valence-corrected chi connectivity index (χ4v) is 0.312. The minimum atomic E-state index is -2.56. The van der Waals surface area contributed by atoms with E-state index < -0.39 is 25.5 Å². The molecule has 7 heavy (non-hydrogen) atoms. The molecule has 1 aliphatic heterocycles. The SMILES string of the molecule is [2H]C1([2H])NC([2H])([2H])C([2H])(C)NC1([2H])[2H]. The van der Waals surface area contributed by atoms with Crippen LogP contribution in [0.2, 0.25) is 0 Å². The fraction of sp³-hybridized carbons (Fsp3) is 1.00. The lowest BCUT2D eigenvalue weighted by molar-refractivity contribution is 0.442. The van der Waals surface area contributed by atoms with E-state index in [2.05, 4.69) is 0 Å². The van der Waals surface area contributed by atoms with Crippen molar-refractivity contribution < 1.29 is 9.60 Å². The van der Waals surface area contributed by atoms with Crippen molar-refractivity contribution in [3.05, 3.63) is 0 Å². The second-order valence-corrected chi connectivity index (χ2v) is 1.25. The molecule has 1 rings (SSSR count). The molecule has 0 saturated carbocycles. The van der Waals surface area contributed by atoms with E-state index in [1.165, 1.54) is 0 Å². The van der Waals surface area contributed by atoms with E-state index >= 15 is 0 Å². The molecule has 2 nitrogen and oxygen atoms in total. The van der Waals surface area contributed by atoms with Gasteiger partial charge >= 0.3 is 0 Å². The predicted octanol–water partition coefficient (Wildman–Crippen LogP) is -0.432. The van der Waals surface area contributed by atoms with E-state index in [0.29, 0.717) is 0 Å². The third kappa shape index (κ3) is 1.45. The lowest BCUT2D eigenvalue weighted by Gasteiger charge is -2.19. The molecule has 2 N–H and O–H groups in total. The minimum absolute atomic E-state index is 1.15. The Bertz CT molecular complexity index is 198. The smallest absolute Gasteiger partial charge is 0.0475 e. The number of hydrogen-bond donors (Lipinski definition) is 2. The zero-order valence-electron chi connectivity index (χ0n) is 11.0. The molecule has 1 saturated heterocycles. The summed E-state index contributed by atoms with van der Waals surface area (Å²) in [4.78, 5) is 0. The summed E-state index contributed by atoms with van der Waals surface area (Å²) >= 11 is 0. The Labute approximate surface area is 54.1 Å².